The maximum absolute atomic E-state index is 12.4. The molecular weight excluding hydrogens is 133 g/mol. The maximum atomic E-state index is 12.4. The van der Waals surface area contributed by atoms with E-state index in [-0.39, 0.29) is 11.3 Å². The van der Waals surface area contributed by atoms with Crippen molar-refractivity contribution in [2.75, 3.05) is 5.73 Å². The minimum Gasteiger partial charge on any atom is -0.394 e. The van der Waals surface area contributed by atoms with Crippen LogP contribution in [0.15, 0.2) is 12.3 Å². The number of hydrogen-bond acceptors (Lipinski definition) is 3. The van der Waals surface area contributed by atoms with Gasteiger partial charge in [-0.2, -0.15) is 9.65 Å². The van der Waals surface area contributed by atoms with E-state index in [1.807, 2.05) is 0 Å². The summed E-state index contributed by atoms with van der Waals surface area (Å²) in [6.07, 6.45) is 1.20. The molecule has 1 rings (SSSR count). The monoisotopic (exact) mass is 137 g/mol. The number of nitrogens with two attached hydrogens (primary N) is 1. The Labute approximate surface area is 56.9 Å². The summed E-state index contributed by atoms with van der Waals surface area (Å²) in [5.74, 6) is -0.793. The van der Waals surface area contributed by atoms with E-state index in [4.69, 9.17) is 11.0 Å². The second-order valence-electron chi connectivity index (χ2n) is 1.67. The molecule has 0 aliphatic rings. The number of nitriles is 1. The van der Waals surface area contributed by atoms with Crippen molar-refractivity contribution < 1.29 is 4.39 Å². The minimum atomic E-state index is -0.793. The van der Waals surface area contributed by atoms with Crippen molar-refractivity contribution in [2.24, 2.45) is 0 Å². The second-order valence-corrected chi connectivity index (χ2v) is 1.67. The van der Waals surface area contributed by atoms with Crippen LogP contribution in [0.4, 0.5) is 10.1 Å². The van der Waals surface area contributed by atoms with E-state index in [0.717, 1.165) is 0 Å². The van der Waals surface area contributed by atoms with Crippen LogP contribution in [-0.4, -0.2) is 4.98 Å². The molecule has 2 N–H and O–H groups in total. The molecule has 0 bridgehead atoms. The summed E-state index contributed by atoms with van der Waals surface area (Å²) in [6.45, 7) is 0. The van der Waals surface area contributed by atoms with E-state index in [1.54, 1.807) is 6.07 Å². The van der Waals surface area contributed by atoms with E-state index in [2.05, 4.69) is 4.98 Å². The van der Waals surface area contributed by atoms with Gasteiger partial charge in [-0.3, -0.25) is 0 Å². The van der Waals surface area contributed by atoms with E-state index < -0.39 is 5.95 Å². The van der Waals surface area contributed by atoms with Gasteiger partial charge < -0.3 is 5.73 Å². The first kappa shape index (κ1) is 6.49. The van der Waals surface area contributed by atoms with Gasteiger partial charge in [0.05, 0.1) is 5.56 Å². The van der Waals surface area contributed by atoms with Gasteiger partial charge in [0.1, 0.15) is 11.8 Å². The molecule has 10 heavy (non-hydrogen) atoms. The number of nitrogens with zero attached hydrogens (tertiary/aromatic N) is 2. The molecule has 1 heterocycles. The lowest BCUT2D eigenvalue weighted by Gasteiger charge is -1.94. The Balaban J connectivity index is 3.31. The van der Waals surface area contributed by atoms with Crippen molar-refractivity contribution in [3.8, 4) is 6.07 Å². The first-order valence-corrected chi connectivity index (χ1v) is 2.56. The molecule has 3 nitrogen and oxygen atoms in total. The molecule has 0 radical (unpaired) electrons. The van der Waals surface area contributed by atoms with E-state index in [0.29, 0.717) is 0 Å². The van der Waals surface area contributed by atoms with E-state index in [9.17, 15) is 4.39 Å². The molecule has 0 aliphatic carbocycles. The molecule has 1 aromatic heterocycles. The molecule has 0 aliphatic heterocycles. The molecule has 0 saturated carbocycles. The Bertz CT molecular complexity index is 290. The van der Waals surface area contributed by atoms with Gasteiger partial charge in [-0.1, -0.05) is 0 Å². The first-order valence-electron chi connectivity index (χ1n) is 2.56. The number of rotatable bonds is 0. The number of halogens is 1. The fourth-order valence-electron chi connectivity index (χ4n) is 0.545. The lowest BCUT2D eigenvalue weighted by molar-refractivity contribution is 0.588. The average molecular weight is 137 g/mol. The number of nitrogen functional groups attached to an aromatic ring is 1. The second kappa shape index (κ2) is 2.31. The fourth-order valence-corrected chi connectivity index (χ4v) is 0.545. The van der Waals surface area contributed by atoms with Crippen LogP contribution < -0.4 is 5.73 Å². The molecule has 0 fully saturated rings. The highest BCUT2D eigenvalue weighted by atomic mass is 19.1. The predicted molar refractivity (Wildman–Crippen MR) is 33.3 cm³/mol. The Hall–Kier alpha value is -1.63. The quantitative estimate of drug-likeness (QED) is 0.534. The number of aromatic nitrogens is 1. The van der Waals surface area contributed by atoms with Gasteiger partial charge in [-0.25, -0.2) is 4.98 Å². The molecule has 4 heteroatoms. The van der Waals surface area contributed by atoms with Crippen LogP contribution in [0.1, 0.15) is 5.56 Å². The van der Waals surface area contributed by atoms with Crippen LogP contribution in [0.5, 0.6) is 0 Å². The van der Waals surface area contributed by atoms with E-state index >= 15 is 0 Å². The Kier molecular flexibility index (Phi) is 1.50. The molecular formula is C6H4FN3. The molecule has 50 valence electrons. The normalized spacial score (nSPS) is 8.80. The van der Waals surface area contributed by atoms with Crippen molar-refractivity contribution in [3.63, 3.8) is 0 Å². The summed E-state index contributed by atoms with van der Waals surface area (Å²) in [5.41, 5.74) is 5.06. The Morgan fingerprint density at radius 3 is 2.90 bits per heavy atom. The summed E-state index contributed by atoms with van der Waals surface area (Å²) in [6, 6.07) is 3.09. The van der Waals surface area contributed by atoms with Crippen LogP contribution in [0.2, 0.25) is 0 Å². The lowest BCUT2D eigenvalue weighted by atomic mass is 10.2. The Morgan fingerprint density at radius 1 is 1.70 bits per heavy atom. The Morgan fingerprint density at radius 2 is 2.40 bits per heavy atom. The molecule has 0 amide bonds. The summed E-state index contributed by atoms with van der Waals surface area (Å²) < 4.78 is 12.4. The number of anilines is 1. The number of hydrogen-bond donors (Lipinski definition) is 1. The van der Waals surface area contributed by atoms with Crippen LogP contribution in [0.3, 0.4) is 0 Å². The molecule has 0 saturated heterocycles. The van der Waals surface area contributed by atoms with Gasteiger partial charge in [0, 0.05) is 6.20 Å². The SMILES string of the molecule is N#Cc1ccnc(F)c1N. The summed E-state index contributed by atoms with van der Waals surface area (Å²) in [7, 11) is 0. The van der Waals surface area contributed by atoms with Gasteiger partial charge in [0.2, 0.25) is 5.95 Å². The van der Waals surface area contributed by atoms with Gasteiger partial charge in [0.25, 0.3) is 0 Å². The molecule has 0 atom stereocenters. The van der Waals surface area contributed by atoms with Crippen LogP contribution in [0.25, 0.3) is 0 Å². The fraction of sp³-hybridized carbons (Fsp3) is 0. The van der Waals surface area contributed by atoms with Gasteiger partial charge in [-0.15, -0.1) is 0 Å². The van der Waals surface area contributed by atoms with Crippen molar-refractivity contribution in [3.05, 3.63) is 23.8 Å². The highest BCUT2D eigenvalue weighted by molar-refractivity contribution is 5.52. The minimum absolute atomic E-state index is 0.118. The van der Waals surface area contributed by atoms with Gasteiger partial charge in [-0.05, 0) is 6.07 Å². The summed E-state index contributed by atoms with van der Waals surface area (Å²) >= 11 is 0. The smallest absolute Gasteiger partial charge is 0.237 e. The maximum Gasteiger partial charge on any atom is 0.237 e. The van der Waals surface area contributed by atoms with Gasteiger partial charge in [0.15, 0.2) is 0 Å². The third kappa shape index (κ3) is 0.890. The third-order valence-electron chi connectivity index (χ3n) is 1.06. The van der Waals surface area contributed by atoms with Gasteiger partial charge >= 0.3 is 0 Å². The molecule has 1 aromatic rings. The van der Waals surface area contributed by atoms with Crippen molar-refractivity contribution in [2.45, 2.75) is 0 Å². The third-order valence-corrected chi connectivity index (χ3v) is 1.06. The highest BCUT2D eigenvalue weighted by Gasteiger charge is 2.02. The molecule has 0 spiro atoms. The molecule has 0 aromatic carbocycles. The topological polar surface area (TPSA) is 62.7 Å². The zero-order valence-electron chi connectivity index (χ0n) is 5.00. The lowest BCUT2D eigenvalue weighted by Crippen LogP contribution is -1.96. The van der Waals surface area contributed by atoms with Crippen LogP contribution in [-0.2, 0) is 0 Å². The largest absolute Gasteiger partial charge is 0.394 e. The molecule has 0 unspecified atom stereocenters. The van der Waals surface area contributed by atoms with Crippen molar-refractivity contribution in [1.82, 2.24) is 4.98 Å². The average Bonchev–Trinajstić information content (AvgIpc) is 1.95. The van der Waals surface area contributed by atoms with Crippen molar-refractivity contribution >= 4 is 5.69 Å². The predicted octanol–water partition coefficient (Wildman–Crippen LogP) is 0.675. The zero-order valence-corrected chi connectivity index (χ0v) is 5.00. The van der Waals surface area contributed by atoms with E-state index in [1.165, 1.54) is 12.3 Å². The first-order chi connectivity index (χ1) is 4.75. The standard InChI is InChI=1S/C6H4FN3/c7-6-5(9)4(3-8)1-2-10-6/h1-2H,9H2. The summed E-state index contributed by atoms with van der Waals surface area (Å²) in [5, 5.41) is 8.32. The van der Waals surface area contributed by atoms with Crippen LogP contribution >= 0.6 is 0 Å². The number of pyridine rings is 1. The van der Waals surface area contributed by atoms with Crippen molar-refractivity contribution in [1.29, 1.82) is 5.26 Å². The van der Waals surface area contributed by atoms with Crippen LogP contribution in [0, 0.1) is 17.3 Å². The zero-order chi connectivity index (χ0) is 7.56. The summed E-state index contributed by atoms with van der Waals surface area (Å²) in [4.78, 5) is 3.24. The highest BCUT2D eigenvalue weighted by Crippen LogP contribution is 2.10.